The Labute approximate surface area is 146 Å². The minimum atomic E-state index is -0.310. The van der Waals surface area contributed by atoms with Gasteiger partial charge in [-0.2, -0.15) is 0 Å². The average Bonchev–Trinajstić information content (AvgIpc) is 2.57. The molecule has 0 saturated heterocycles. The molecule has 0 atom stereocenters. The Hall–Kier alpha value is -2.66. The predicted molar refractivity (Wildman–Crippen MR) is 97.7 cm³/mol. The Balaban J connectivity index is 2.09. The molecule has 0 aliphatic carbocycles. The zero-order chi connectivity index (χ0) is 17.5. The molecule has 0 aliphatic rings. The highest BCUT2D eigenvalue weighted by molar-refractivity contribution is 6.34. The van der Waals surface area contributed by atoms with Crippen LogP contribution in [0.3, 0.4) is 0 Å². The van der Waals surface area contributed by atoms with E-state index in [1.54, 1.807) is 43.5 Å². The van der Waals surface area contributed by atoms with Crippen LogP contribution in [0.15, 0.2) is 42.5 Å². The Bertz CT molecular complexity index is 760. The summed E-state index contributed by atoms with van der Waals surface area (Å²) < 4.78 is 10.7. The molecule has 0 radical (unpaired) electrons. The Morgan fingerprint density at radius 3 is 2.75 bits per heavy atom. The van der Waals surface area contributed by atoms with Gasteiger partial charge in [-0.3, -0.25) is 4.79 Å². The third-order valence-corrected chi connectivity index (χ3v) is 3.49. The van der Waals surface area contributed by atoms with Crippen molar-refractivity contribution in [3.63, 3.8) is 0 Å². The molecular weight excluding hydrogens is 328 g/mol. The fourth-order valence-corrected chi connectivity index (χ4v) is 2.21. The molecule has 24 heavy (non-hydrogen) atoms. The molecule has 0 bridgehead atoms. The average molecular weight is 347 g/mol. The van der Waals surface area contributed by atoms with Gasteiger partial charge in [0, 0.05) is 11.8 Å². The van der Waals surface area contributed by atoms with E-state index in [1.165, 1.54) is 6.08 Å². The summed E-state index contributed by atoms with van der Waals surface area (Å²) in [6, 6.07) is 10.3. The highest BCUT2D eigenvalue weighted by Gasteiger charge is 2.06. The molecule has 1 amide bonds. The lowest BCUT2D eigenvalue weighted by Gasteiger charge is -2.09. The minimum absolute atomic E-state index is 0.310. The monoisotopic (exact) mass is 346 g/mol. The van der Waals surface area contributed by atoms with Crippen molar-refractivity contribution in [2.75, 3.05) is 24.8 Å². The van der Waals surface area contributed by atoms with Gasteiger partial charge in [-0.1, -0.05) is 17.7 Å². The fraction of sp³-hybridized carbons (Fsp3) is 0.167. The maximum absolute atomic E-state index is 12.0. The lowest BCUT2D eigenvalue weighted by atomic mass is 10.2. The SMILES string of the molecule is CCOc1ccc(/C=C/C(=O)Nc2cc(N)ccc2Cl)cc1OC. The highest BCUT2D eigenvalue weighted by Crippen LogP contribution is 2.28. The normalized spacial score (nSPS) is 10.6. The van der Waals surface area contributed by atoms with Gasteiger partial charge in [0.15, 0.2) is 11.5 Å². The smallest absolute Gasteiger partial charge is 0.248 e. The summed E-state index contributed by atoms with van der Waals surface area (Å²) in [6.45, 7) is 2.45. The maximum atomic E-state index is 12.0. The van der Waals surface area contributed by atoms with Crippen molar-refractivity contribution >= 4 is 35.0 Å². The zero-order valence-electron chi connectivity index (χ0n) is 13.5. The number of carbonyl (C=O) groups is 1. The van der Waals surface area contributed by atoms with E-state index >= 15 is 0 Å². The van der Waals surface area contributed by atoms with Gasteiger partial charge < -0.3 is 20.5 Å². The Morgan fingerprint density at radius 1 is 1.25 bits per heavy atom. The largest absolute Gasteiger partial charge is 0.493 e. The summed E-state index contributed by atoms with van der Waals surface area (Å²) >= 11 is 6.02. The van der Waals surface area contributed by atoms with Crippen LogP contribution in [0.1, 0.15) is 12.5 Å². The van der Waals surface area contributed by atoms with E-state index < -0.39 is 0 Å². The number of hydrogen-bond donors (Lipinski definition) is 2. The van der Waals surface area contributed by atoms with Crippen LogP contribution in [0.4, 0.5) is 11.4 Å². The van der Waals surface area contributed by atoms with E-state index in [2.05, 4.69) is 5.32 Å². The first-order valence-electron chi connectivity index (χ1n) is 7.38. The van der Waals surface area contributed by atoms with E-state index in [4.69, 9.17) is 26.8 Å². The number of halogens is 1. The lowest BCUT2D eigenvalue weighted by molar-refractivity contribution is -0.111. The standard InChI is InChI=1S/C18H19ClN2O3/c1-3-24-16-8-4-12(10-17(16)23-2)5-9-18(22)21-15-11-13(20)6-7-14(15)19/h4-11H,3,20H2,1-2H3,(H,21,22)/b9-5+. The van der Waals surface area contributed by atoms with Crippen LogP contribution in [-0.4, -0.2) is 19.6 Å². The molecule has 0 spiro atoms. The molecule has 2 rings (SSSR count). The van der Waals surface area contributed by atoms with E-state index in [0.29, 0.717) is 34.5 Å². The number of rotatable bonds is 6. The molecule has 0 saturated carbocycles. The number of hydrogen-bond acceptors (Lipinski definition) is 4. The van der Waals surface area contributed by atoms with Crippen LogP contribution < -0.4 is 20.5 Å². The molecule has 0 unspecified atom stereocenters. The van der Waals surface area contributed by atoms with Crippen molar-refractivity contribution in [1.29, 1.82) is 0 Å². The summed E-state index contributed by atoms with van der Waals surface area (Å²) in [5.41, 5.74) is 7.49. The Kier molecular flexibility index (Phi) is 6.09. The third-order valence-electron chi connectivity index (χ3n) is 3.16. The van der Waals surface area contributed by atoms with Gasteiger partial charge >= 0.3 is 0 Å². The van der Waals surface area contributed by atoms with Crippen molar-refractivity contribution in [3.05, 3.63) is 53.1 Å². The van der Waals surface area contributed by atoms with Crippen LogP contribution >= 0.6 is 11.6 Å². The molecular formula is C18H19ClN2O3. The van der Waals surface area contributed by atoms with E-state index in [-0.39, 0.29) is 5.91 Å². The van der Waals surface area contributed by atoms with Gasteiger partial charge in [0.1, 0.15) is 0 Å². The van der Waals surface area contributed by atoms with Crippen molar-refractivity contribution in [2.24, 2.45) is 0 Å². The first-order valence-corrected chi connectivity index (χ1v) is 7.76. The molecule has 0 aliphatic heterocycles. The van der Waals surface area contributed by atoms with Crippen LogP contribution in [0.5, 0.6) is 11.5 Å². The number of nitrogen functional groups attached to an aromatic ring is 1. The van der Waals surface area contributed by atoms with Gasteiger partial charge in [-0.05, 0) is 48.9 Å². The van der Waals surface area contributed by atoms with Crippen LogP contribution in [-0.2, 0) is 4.79 Å². The quantitative estimate of drug-likeness (QED) is 0.613. The molecule has 126 valence electrons. The number of nitrogens with two attached hydrogens (primary N) is 1. The summed E-state index contributed by atoms with van der Waals surface area (Å²) in [5, 5.41) is 3.11. The third kappa shape index (κ3) is 4.67. The molecule has 0 aromatic heterocycles. The molecule has 6 heteroatoms. The minimum Gasteiger partial charge on any atom is -0.493 e. The second-order valence-electron chi connectivity index (χ2n) is 4.91. The van der Waals surface area contributed by atoms with Gasteiger partial charge in [0.25, 0.3) is 0 Å². The zero-order valence-corrected chi connectivity index (χ0v) is 14.3. The summed E-state index contributed by atoms with van der Waals surface area (Å²) in [7, 11) is 1.57. The van der Waals surface area contributed by atoms with Crippen molar-refractivity contribution in [3.8, 4) is 11.5 Å². The van der Waals surface area contributed by atoms with Crippen molar-refractivity contribution < 1.29 is 14.3 Å². The molecule has 2 aromatic carbocycles. The second kappa shape index (κ2) is 8.26. The first kappa shape index (κ1) is 17.7. The number of methoxy groups -OCH3 is 1. The second-order valence-corrected chi connectivity index (χ2v) is 5.31. The van der Waals surface area contributed by atoms with Crippen LogP contribution in [0.25, 0.3) is 6.08 Å². The van der Waals surface area contributed by atoms with E-state index in [0.717, 1.165) is 5.56 Å². The number of carbonyl (C=O) groups excluding carboxylic acids is 1. The van der Waals surface area contributed by atoms with Gasteiger partial charge in [-0.25, -0.2) is 0 Å². The van der Waals surface area contributed by atoms with Crippen LogP contribution in [0, 0.1) is 0 Å². The van der Waals surface area contributed by atoms with Gasteiger partial charge in [0.2, 0.25) is 5.91 Å². The fourth-order valence-electron chi connectivity index (χ4n) is 2.05. The van der Waals surface area contributed by atoms with Gasteiger partial charge in [-0.15, -0.1) is 0 Å². The predicted octanol–water partition coefficient (Wildman–Crippen LogP) is 3.98. The molecule has 0 fully saturated rings. The number of amides is 1. The lowest BCUT2D eigenvalue weighted by Crippen LogP contribution is -2.08. The van der Waals surface area contributed by atoms with Gasteiger partial charge in [0.05, 0.1) is 24.4 Å². The maximum Gasteiger partial charge on any atom is 0.248 e. The van der Waals surface area contributed by atoms with Crippen LogP contribution in [0.2, 0.25) is 5.02 Å². The van der Waals surface area contributed by atoms with E-state index in [1.807, 2.05) is 13.0 Å². The first-order chi connectivity index (χ1) is 11.5. The number of nitrogens with one attached hydrogen (secondary N) is 1. The van der Waals surface area contributed by atoms with E-state index in [9.17, 15) is 4.79 Å². The van der Waals surface area contributed by atoms with Crippen molar-refractivity contribution in [1.82, 2.24) is 0 Å². The van der Waals surface area contributed by atoms with Crippen molar-refractivity contribution in [2.45, 2.75) is 6.92 Å². The molecule has 3 N–H and O–H groups in total. The summed E-state index contributed by atoms with van der Waals surface area (Å²) in [6.07, 6.45) is 3.09. The molecule has 2 aromatic rings. The Morgan fingerprint density at radius 2 is 2.04 bits per heavy atom. The number of benzene rings is 2. The number of anilines is 2. The highest BCUT2D eigenvalue weighted by atomic mass is 35.5. The topological polar surface area (TPSA) is 73.6 Å². The molecule has 5 nitrogen and oxygen atoms in total. The summed E-state index contributed by atoms with van der Waals surface area (Å²) in [4.78, 5) is 12.0. The molecule has 0 heterocycles. The summed E-state index contributed by atoms with van der Waals surface area (Å²) in [5.74, 6) is 0.960. The number of ether oxygens (including phenoxy) is 2.